The number of benzene rings is 1. The third-order valence-corrected chi connectivity index (χ3v) is 6.88. The van der Waals surface area contributed by atoms with Crippen molar-refractivity contribution < 1.29 is 31.9 Å². The highest BCUT2D eigenvalue weighted by Crippen LogP contribution is 2.31. The Bertz CT molecular complexity index is 982. The molecule has 1 fully saturated rings. The molecule has 1 aliphatic heterocycles. The highest BCUT2D eigenvalue weighted by molar-refractivity contribution is 7.89. The Kier molecular flexibility index (Phi) is 6.93. The molecule has 0 saturated carbocycles. The Labute approximate surface area is 175 Å². The van der Waals surface area contributed by atoms with Crippen LogP contribution in [0.2, 0.25) is 0 Å². The molecule has 0 amide bonds. The molecule has 2 aromatic rings. The van der Waals surface area contributed by atoms with Gasteiger partial charge in [-0.05, 0) is 31.9 Å². The fourth-order valence-corrected chi connectivity index (χ4v) is 4.34. The smallest absolute Gasteiger partial charge is 0.309 e. The standard InChI is InChI=1S/C19H25N3O7S/c1-4-30(24,25)22-9-7-13(8-10-22)19(23)28-12-17-20-18(21-29-17)15-6-5-14(26-2)11-16(15)27-3/h5-6,11,13H,4,7-10,12H2,1-3H3. The molecular weight excluding hydrogens is 414 g/mol. The summed E-state index contributed by atoms with van der Waals surface area (Å²) in [6.07, 6.45) is 0.854. The molecule has 0 atom stereocenters. The van der Waals surface area contributed by atoms with E-state index in [0.29, 0.717) is 48.8 Å². The largest absolute Gasteiger partial charge is 0.497 e. The zero-order chi connectivity index (χ0) is 21.7. The topological polar surface area (TPSA) is 121 Å². The van der Waals surface area contributed by atoms with Crippen LogP contribution in [-0.4, -0.2) is 61.9 Å². The lowest BCUT2D eigenvalue weighted by atomic mass is 9.98. The number of nitrogens with zero attached hydrogens (tertiary/aromatic N) is 3. The highest BCUT2D eigenvalue weighted by atomic mass is 32.2. The minimum absolute atomic E-state index is 0.0561. The molecule has 3 rings (SSSR count). The number of methoxy groups -OCH3 is 2. The number of hydrogen-bond donors (Lipinski definition) is 0. The molecule has 0 N–H and O–H groups in total. The summed E-state index contributed by atoms with van der Waals surface area (Å²) < 4.78 is 46.2. The molecule has 1 aliphatic rings. The maximum absolute atomic E-state index is 12.3. The average molecular weight is 439 g/mol. The summed E-state index contributed by atoms with van der Waals surface area (Å²) >= 11 is 0. The number of sulfonamides is 1. The molecule has 1 aromatic heterocycles. The van der Waals surface area contributed by atoms with Crippen molar-refractivity contribution in [2.45, 2.75) is 26.4 Å². The minimum Gasteiger partial charge on any atom is -0.497 e. The number of carbonyl (C=O) groups is 1. The van der Waals surface area contributed by atoms with Crippen molar-refractivity contribution in [3.05, 3.63) is 24.1 Å². The molecule has 0 bridgehead atoms. The molecule has 0 aliphatic carbocycles. The monoisotopic (exact) mass is 439 g/mol. The number of ether oxygens (including phenoxy) is 3. The van der Waals surface area contributed by atoms with Gasteiger partial charge in [0.15, 0.2) is 6.61 Å². The van der Waals surface area contributed by atoms with Crippen molar-refractivity contribution >= 4 is 16.0 Å². The number of rotatable bonds is 8. The van der Waals surface area contributed by atoms with E-state index in [1.807, 2.05) is 0 Å². The summed E-state index contributed by atoms with van der Waals surface area (Å²) in [6, 6.07) is 5.20. The summed E-state index contributed by atoms with van der Waals surface area (Å²) in [5.41, 5.74) is 0.615. The van der Waals surface area contributed by atoms with Crippen LogP contribution in [0.15, 0.2) is 22.7 Å². The molecule has 1 aromatic carbocycles. The van der Waals surface area contributed by atoms with E-state index in [9.17, 15) is 13.2 Å². The summed E-state index contributed by atoms with van der Waals surface area (Å²) in [7, 11) is -0.146. The fraction of sp³-hybridized carbons (Fsp3) is 0.526. The molecule has 0 unspecified atom stereocenters. The lowest BCUT2D eigenvalue weighted by molar-refractivity contribution is -0.152. The van der Waals surface area contributed by atoms with Gasteiger partial charge in [0.25, 0.3) is 5.89 Å². The van der Waals surface area contributed by atoms with Gasteiger partial charge in [-0.15, -0.1) is 0 Å². The van der Waals surface area contributed by atoms with Crippen LogP contribution in [-0.2, 0) is 26.2 Å². The first kappa shape index (κ1) is 22.0. The van der Waals surface area contributed by atoms with Crippen molar-refractivity contribution in [1.82, 2.24) is 14.4 Å². The number of esters is 1. The Morgan fingerprint density at radius 2 is 1.97 bits per heavy atom. The fourth-order valence-electron chi connectivity index (χ4n) is 3.21. The number of aromatic nitrogens is 2. The molecule has 11 heteroatoms. The number of hydrogen-bond acceptors (Lipinski definition) is 9. The van der Waals surface area contributed by atoms with Gasteiger partial charge in [0.2, 0.25) is 15.8 Å². The Morgan fingerprint density at radius 3 is 2.60 bits per heavy atom. The number of carbonyl (C=O) groups excluding carboxylic acids is 1. The van der Waals surface area contributed by atoms with E-state index in [1.165, 1.54) is 11.4 Å². The molecule has 10 nitrogen and oxygen atoms in total. The van der Waals surface area contributed by atoms with Crippen molar-refractivity contribution in [3.63, 3.8) is 0 Å². The average Bonchev–Trinajstić information content (AvgIpc) is 3.25. The van der Waals surface area contributed by atoms with Crippen molar-refractivity contribution in [1.29, 1.82) is 0 Å². The van der Waals surface area contributed by atoms with Crippen LogP contribution in [0.1, 0.15) is 25.7 Å². The SMILES string of the molecule is CCS(=O)(=O)N1CCC(C(=O)OCc2nc(-c3ccc(OC)cc3OC)no2)CC1. The second-order valence-electron chi connectivity index (χ2n) is 6.76. The van der Waals surface area contributed by atoms with E-state index in [4.69, 9.17) is 18.7 Å². The van der Waals surface area contributed by atoms with Crippen molar-refractivity contribution in [2.75, 3.05) is 33.1 Å². The van der Waals surface area contributed by atoms with Gasteiger partial charge in [-0.3, -0.25) is 4.79 Å². The molecule has 2 heterocycles. The van der Waals surface area contributed by atoms with Crippen LogP contribution in [0, 0.1) is 5.92 Å². The van der Waals surface area contributed by atoms with Crippen LogP contribution < -0.4 is 9.47 Å². The summed E-state index contributed by atoms with van der Waals surface area (Å²) in [6.45, 7) is 2.09. The second-order valence-corrected chi connectivity index (χ2v) is 9.02. The number of piperidine rings is 1. The van der Waals surface area contributed by atoms with E-state index in [0.717, 1.165) is 0 Å². The maximum atomic E-state index is 12.3. The van der Waals surface area contributed by atoms with Gasteiger partial charge in [0, 0.05) is 19.2 Å². The summed E-state index contributed by atoms with van der Waals surface area (Å²) in [5.74, 6) is 0.919. The first-order valence-corrected chi connectivity index (χ1v) is 11.2. The van der Waals surface area contributed by atoms with Gasteiger partial charge >= 0.3 is 5.97 Å². The van der Waals surface area contributed by atoms with E-state index in [1.54, 1.807) is 32.2 Å². The van der Waals surface area contributed by atoms with Gasteiger partial charge in [0.1, 0.15) is 11.5 Å². The van der Waals surface area contributed by atoms with Crippen LogP contribution in [0.5, 0.6) is 11.5 Å². The van der Waals surface area contributed by atoms with Crippen molar-refractivity contribution in [2.24, 2.45) is 5.92 Å². The molecule has 0 radical (unpaired) electrons. The first-order valence-electron chi connectivity index (χ1n) is 9.57. The van der Waals surface area contributed by atoms with Gasteiger partial charge in [-0.25, -0.2) is 12.7 Å². The molecule has 1 saturated heterocycles. The first-order chi connectivity index (χ1) is 14.4. The van der Waals surface area contributed by atoms with Gasteiger partial charge in [-0.2, -0.15) is 4.98 Å². The Morgan fingerprint density at radius 1 is 1.23 bits per heavy atom. The quantitative estimate of drug-likeness (QED) is 0.567. The van der Waals surface area contributed by atoms with E-state index in [-0.39, 0.29) is 24.2 Å². The summed E-state index contributed by atoms with van der Waals surface area (Å²) in [4.78, 5) is 16.6. The highest BCUT2D eigenvalue weighted by Gasteiger charge is 2.31. The molecule has 30 heavy (non-hydrogen) atoms. The maximum Gasteiger partial charge on any atom is 0.309 e. The van der Waals surface area contributed by atoms with E-state index in [2.05, 4.69) is 10.1 Å². The van der Waals surface area contributed by atoms with Gasteiger partial charge in [0.05, 0.1) is 31.5 Å². The predicted molar refractivity (Wildman–Crippen MR) is 106 cm³/mol. The van der Waals surface area contributed by atoms with Crippen LogP contribution >= 0.6 is 0 Å². The molecule has 0 spiro atoms. The van der Waals surface area contributed by atoms with Crippen LogP contribution in [0.25, 0.3) is 11.4 Å². The zero-order valence-electron chi connectivity index (χ0n) is 17.2. The lowest BCUT2D eigenvalue weighted by Crippen LogP contribution is -2.41. The predicted octanol–water partition coefficient (Wildman–Crippen LogP) is 1.86. The second kappa shape index (κ2) is 9.43. The van der Waals surface area contributed by atoms with Gasteiger partial charge < -0.3 is 18.7 Å². The lowest BCUT2D eigenvalue weighted by Gasteiger charge is -2.29. The van der Waals surface area contributed by atoms with Crippen LogP contribution in [0.4, 0.5) is 0 Å². The molecular formula is C19H25N3O7S. The minimum atomic E-state index is -3.23. The van der Waals surface area contributed by atoms with Gasteiger partial charge in [-0.1, -0.05) is 5.16 Å². The van der Waals surface area contributed by atoms with E-state index < -0.39 is 16.0 Å². The normalized spacial score (nSPS) is 15.7. The third kappa shape index (κ3) is 4.90. The molecule has 164 valence electrons. The van der Waals surface area contributed by atoms with Crippen LogP contribution in [0.3, 0.4) is 0 Å². The van der Waals surface area contributed by atoms with Crippen molar-refractivity contribution in [3.8, 4) is 22.9 Å². The third-order valence-electron chi connectivity index (χ3n) is 5.00. The Balaban J connectivity index is 1.57. The Hall–Kier alpha value is -2.66. The zero-order valence-corrected chi connectivity index (χ0v) is 18.0. The summed E-state index contributed by atoms with van der Waals surface area (Å²) in [5, 5.41) is 3.92. The van der Waals surface area contributed by atoms with E-state index >= 15 is 0 Å².